The molecule has 0 unspecified atom stereocenters. The molecule has 0 aliphatic heterocycles. The number of aldehydes is 1. The second-order valence-electron chi connectivity index (χ2n) is 3.13. The first kappa shape index (κ1) is 8.45. The van der Waals surface area contributed by atoms with Crippen LogP contribution in [-0.2, 0) is 11.2 Å². The fourth-order valence-corrected chi connectivity index (χ4v) is 2.40. The standard InChI is InChI=1S/C11H10OS/c1-8-2-3-11-10(6-8)9(4-5-12)7-13-11/h2-3,5-7H,4H2,1H3. The summed E-state index contributed by atoms with van der Waals surface area (Å²) in [5.74, 6) is 0. The van der Waals surface area contributed by atoms with Crippen molar-refractivity contribution in [1.82, 2.24) is 0 Å². The first-order valence-electron chi connectivity index (χ1n) is 4.21. The number of fused-ring (bicyclic) bond motifs is 1. The van der Waals surface area contributed by atoms with Crippen molar-refractivity contribution in [2.24, 2.45) is 0 Å². The number of benzene rings is 1. The molecule has 1 aromatic carbocycles. The average molecular weight is 190 g/mol. The number of carbonyl (C=O) groups excluding carboxylic acids is 1. The summed E-state index contributed by atoms with van der Waals surface area (Å²) >= 11 is 1.70. The van der Waals surface area contributed by atoms with Crippen molar-refractivity contribution in [2.45, 2.75) is 13.3 Å². The predicted octanol–water partition coefficient (Wildman–Crippen LogP) is 2.95. The van der Waals surface area contributed by atoms with E-state index in [0.29, 0.717) is 6.42 Å². The zero-order valence-electron chi connectivity index (χ0n) is 7.41. The zero-order chi connectivity index (χ0) is 9.26. The Morgan fingerprint density at radius 2 is 2.31 bits per heavy atom. The van der Waals surface area contributed by atoms with Crippen LogP contribution >= 0.6 is 11.3 Å². The van der Waals surface area contributed by atoms with E-state index in [0.717, 1.165) is 11.8 Å². The maximum absolute atomic E-state index is 10.4. The summed E-state index contributed by atoms with van der Waals surface area (Å²) in [5.41, 5.74) is 2.40. The molecule has 0 radical (unpaired) electrons. The van der Waals surface area contributed by atoms with Crippen LogP contribution in [0.2, 0.25) is 0 Å². The lowest BCUT2D eigenvalue weighted by molar-refractivity contribution is -0.107. The molecule has 0 aliphatic rings. The van der Waals surface area contributed by atoms with Gasteiger partial charge in [-0.25, -0.2) is 0 Å². The van der Waals surface area contributed by atoms with Crippen molar-refractivity contribution in [3.63, 3.8) is 0 Å². The number of hydrogen-bond donors (Lipinski definition) is 0. The van der Waals surface area contributed by atoms with Gasteiger partial charge in [0.15, 0.2) is 0 Å². The highest BCUT2D eigenvalue weighted by molar-refractivity contribution is 7.17. The summed E-state index contributed by atoms with van der Waals surface area (Å²) in [7, 11) is 0. The molecule has 1 heterocycles. The minimum atomic E-state index is 0.531. The zero-order valence-corrected chi connectivity index (χ0v) is 8.23. The Kier molecular flexibility index (Phi) is 2.15. The number of rotatable bonds is 2. The van der Waals surface area contributed by atoms with Gasteiger partial charge in [0.25, 0.3) is 0 Å². The minimum Gasteiger partial charge on any atom is -0.303 e. The minimum absolute atomic E-state index is 0.531. The van der Waals surface area contributed by atoms with E-state index in [2.05, 4.69) is 30.5 Å². The number of hydrogen-bond acceptors (Lipinski definition) is 2. The van der Waals surface area contributed by atoms with E-state index < -0.39 is 0 Å². The highest BCUT2D eigenvalue weighted by Crippen LogP contribution is 2.26. The van der Waals surface area contributed by atoms with Crippen molar-refractivity contribution in [1.29, 1.82) is 0 Å². The van der Waals surface area contributed by atoms with Crippen LogP contribution in [0.5, 0.6) is 0 Å². The molecule has 2 aromatic rings. The van der Waals surface area contributed by atoms with Crippen molar-refractivity contribution >= 4 is 27.7 Å². The van der Waals surface area contributed by atoms with Crippen LogP contribution in [0, 0.1) is 6.92 Å². The third kappa shape index (κ3) is 1.49. The third-order valence-electron chi connectivity index (χ3n) is 2.11. The van der Waals surface area contributed by atoms with Gasteiger partial charge >= 0.3 is 0 Å². The van der Waals surface area contributed by atoms with Gasteiger partial charge < -0.3 is 4.79 Å². The highest BCUT2D eigenvalue weighted by Gasteiger charge is 2.02. The monoisotopic (exact) mass is 190 g/mol. The number of thiophene rings is 1. The lowest BCUT2D eigenvalue weighted by Gasteiger charge is -1.95. The van der Waals surface area contributed by atoms with Gasteiger partial charge in [-0.3, -0.25) is 0 Å². The molecule has 0 N–H and O–H groups in total. The lowest BCUT2D eigenvalue weighted by atomic mass is 10.1. The molecule has 0 saturated heterocycles. The molecule has 0 bridgehead atoms. The molecule has 1 nitrogen and oxygen atoms in total. The molecule has 1 aromatic heterocycles. The molecule has 2 heteroatoms. The average Bonchev–Trinajstić information content (AvgIpc) is 2.49. The van der Waals surface area contributed by atoms with Gasteiger partial charge in [0.1, 0.15) is 6.29 Å². The van der Waals surface area contributed by atoms with Crippen molar-refractivity contribution in [3.05, 3.63) is 34.7 Å². The van der Waals surface area contributed by atoms with Gasteiger partial charge in [0, 0.05) is 11.1 Å². The smallest absolute Gasteiger partial charge is 0.124 e. The molecule has 2 rings (SSSR count). The predicted molar refractivity (Wildman–Crippen MR) is 56.3 cm³/mol. The van der Waals surface area contributed by atoms with E-state index in [4.69, 9.17) is 0 Å². The van der Waals surface area contributed by atoms with E-state index in [9.17, 15) is 4.79 Å². The molecule has 0 aliphatic carbocycles. The summed E-state index contributed by atoms with van der Waals surface area (Å²) in [5, 5.41) is 3.30. The van der Waals surface area contributed by atoms with Crippen LogP contribution in [0.4, 0.5) is 0 Å². The van der Waals surface area contributed by atoms with Gasteiger partial charge in [-0.2, -0.15) is 0 Å². The van der Waals surface area contributed by atoms with E-state index in [1.807, 2.05) is 0 Å². The first-order valence-corrected chi connectivity index (χ1v) is 5.09. The van der Waals surface area contributed by atoms with Crippen LogP contribution in [0.3, 0.4) is 0 Å². The molecular weight excluding hydrogens is 180 g/mol. The van der Waals surface area contributed by atoms with Crippen LogP contribution in [0.25, 0.3) is 10.1 Å². The van der Waals surface area contributed by atoms with Crippen LogP contribution in [-0.4, -0.2) is 6.29 Å². The number of aryl methyl sites for hydroxylation is 1. The maximum atomic E-state index is 10.4. The van der Waals surface area contributed by atoms with E-state index in [1.54, 1.807) is 11.3 Å². The maximum Gasteiger partial charge on any atom is 0.124 e. The molecule has 0 saturated carbocycles. The second kappa shape index (κ2) is 3.30. The summed E-state index contributed by atoms with van der Waals surface area (Å²) < 4.78 is 1.27. The Balaban J connectivity index is 2.64. The largest absolute Gasteiger partial charge is 0.303 e. The van der Waals surface area contributed by atoms with Gasteiger partial charge in [0.2, 0.25) is 0 Å². The quantitative estimate of drug-likeness (QED) is 0.665. The Bertz CT molecular complexity index is 442. The van der Waals surface area contributed by atoms with Crippen molar-refractivity contribution < 1.29 is 4.79 Å². The summed E-state index contributed by atoms with van der Waals surface area (Å²) in [6.07, 6.45) is 1.49. The summed E-state index contributed by atoms with van der Waals surface area (Å²) in [6, 6.07) is 6.36. The fraction of sp³-hybridized carbons (Fsp3) is 0.182. The Hall–Kier alpha value is -1.15. The van der Waals surface area contributed by atoms with Gasteiger partial charge in [-0.05, 0) is 29.3 Å². The number of carbonyl (C=O) groups is 1. The topological polar surface area (TPSA) is 17.1 Å². The van der Waals surface area contributed by atoms with E-state index in [-0.39, 0.29) is 0 Å². The first-order chi connectivity index (χ1) is 6.31. The second-order valence-corrected chi connectivity index (χ2v) is 4.04. The van der Waals surface area contributed by atoms with Crippen LogP contribution in [0.1, 0.15) is 11.1 Å². The lowest BCUT2D eigenvalue weighted by Crippen LogP contribution is -1.82. The summed E-state index contributed by atoms with van der Waals surface area (Å²) in [4.78, 5) is 10.4. The Morgan fingerprint density at radius 1 is 1.46 bits per heavy atom. The van der Waals surface area contributed by atoms with Crippen molar-refractivity contribution in [2.75, 3.05) is 0 Å². The van der Waals surface area contributed by atoms with Crippen LogP contribution in [0.15, 0.2) is 23.6 Å². The Labute approximate surface area is 81.0 Å². The molecule has 0 amide bonds. The van der Waals surface area contributed by atoms with E-state index >= 15 is 0 Å². The van der Waals surface area contributed by atoms with Crippen molar-refractivity contribution in [3.8, 4) is 0 Å². The van der Waals surface area contributed by atoms with Gasteiger partial charge in [-0.1, -0.05) is 17.7 Å². The van der Waals surface area contributed by atoms with Gasteiger partial charge in [0.05, 0.1) is 0 Å². The molecule has 66 valence electrons. The Morgan fingerprint density at radius 3 is 3.08 bits per heavy atom. The molecular formula is C11H10OS. The normalized spacial score (nSPS) is 10.5. The molecule has 0 spiro atoms. The third-order valence-corrected chi connectivity index (χ3v) is 3.12. The highest BCUT2D eigenvalue weighted by atomic mass is 32.1. The van der Waals surface area contributed by atoms with Crippen LogP contribution < -0.4 is 0 Å². The molecule has 13 heavy (non-hydrogen) atoms. The SMILES string of the molecule is Cc1ccc2scc(CC=O)c2c1. The summed E-state index contributed by atoms with van der Waals surface area (Å²) in [6.45, 7) is 2.07. The molecule has 0 fully saturated rings. The fourth-order valence-electron chi connectivity index (χ4n) is 1.44. The van der Waals surface area contributed by atoms with E-state index in [1.165, 1.54) is 15.6 Å². The molecule has 0 atom stereocenters. The van der Waals surface area contributed by atoms with Gasteiger partial charge in [-0.15, -0.1) is 11.3 Å².